The van der Waals surface area contributed by atoms with Gasteiger partial charge in [-0.15, -0.1) is 0 Å². The molecule has 186 valence electrons. The third-order valence-corrected chi connectivity index (χ3v) is 6.85. The number of pyridine rings is 1. The van der Waals surface area contributed by atoms with E-state index in [1.165, 1.54) is 6.07 Å². The average Bonchev–Trinajstić information content (AvgIpc) is 3.25. The topological polar surface area (TPSA) is 157 Å². The largest absolute Gasteiger partial charge is 0.460 e. The molecule has 0 spiro atoms. The highest BCUT2D eigenvalue weighted by molar-refractivity contribution is 5.94. The lowest BCUT2D eigenvalue weighted by atomic mass is 9.98. The molecule has 5 atom stereocenters. The fourth-order valence-corrected chi connectivity index (χ4v) is 4.91. The third-order valence-electron chi connectivity index (χ3n) is 6.85. The number of rotatable bonds is 5. The molecular weight excluding hydrogens is 456 g/mol. The van der Waals surface area contributed by atoms with Gasteiger partial charge in [0, 0.05) is 18.0 Å². The van der Waals surface area contributed by atoms with Gasteiger partial charge in [0.05, 0.1) is 30.1 Å². The van der Waals surface area contributed by atoms with Crippen LogP contribution in [-0.2, 0) is 17.7 Å². The maximum atomic E-state index is 12.8. The number of hydrogen-bond acceptors (Lipinski definition) is 8. The molecule has 5 rings (SSSR count). The number of aromatic amines is 1. The Kier molecular flexibility index (Phi) is 6.26. The van der Waals surface area contributed by atoms with Crippen LogP contribution in [0.2, 0.25) is 0 Å². The normalized spacial score (nSPS) is 26.5. The van der Waals surface area contributed by atoms with Crippen LogP contribution in [0.3, 0.4) is 0 Å². The van der Waals surface area contributed by atoms with Crippen LogP contribution in [0, 0.1) is 0 Å². The van der Waals surface area contributed by atoms with E-state index in [0.717, 1.165) is 16.6 Å². The molecule has 2 aliphatic rings. The summed E-state index contributed by atoms with van der Waals surface area (Å²) in [6.07, 6.45) is -4.58. The second-order valence-corrected chi connectivity index (χ2v) is 8.81. The zero-order chi connectivity index (χ0) is 24.9. The smallest absolute Gasteiger partial charge is 0.251 e. The summed E-state index contributed by atoms with van der Waals surface area (Å²) in [6, 6.07) is 8.79. The molecular formula is C25H28N2O8. The standard InChI is InChI=1S/C25H28N2O8/c1-2-12(10-28)13-8-16-20-15(6-7-27(16)19(30)9-13)14-4-3-5-17(21(14)26-20)34-25-24(33)23(32)22(31)18(11-29)35-25/h2-5,8-9,18,22-26,28-29,31-33H,6-7,10-11H2,1H3/t18-,22-,23+,24-,25-/m1/s1. The first-order chi connectivity index (χ1) is 16.9. The van der Waals surface area contributed by atoms with E-state index >= 15 is 0 Å². The molecule has 0 saturated carbocycles. The van der Waals surface area contributed by atoms with Gasteiger partial charge in [-0.1, -0.05) is 18.2 Å². The zero-order valence-electron chi connectivity index (χ0n) is 19.1. The van der Waals surface area contributed by atoms with E-state index in [1.807, 2.05) is 12.1 Å². The van der Waals surface area contributed by atoms with Crippen molar-refractivity contribution in [3.05, 3.63) is 57.9 Å². The number of allylic oxidation sites excluding steroid dienone is 1. The second kappa shape index (κ2) is 9.23. The van der Waals surface area contributed by atoms with Crippen molar-refractivity contribution < 1.29 is 35.0 Å². The minimum Gasteiger partial charge on any atom is -0.460 e. The van der Waals surface area contributed by atoms with Gasteiger partial charge in [0.1, 0.15) is 30.2 Å². The molecule has 2 aliphatic heterocycles. The number of aryl methyl sites for hydroxylation is 1. The van der Waals surface area contributed by atoms with E-state index < -0.39 is 37.3 Å². The van der Waals surface area contributed by atoms with Gasteiger partial charge in [-0.3, -0.25) is 4.79 Å². The SMILES string of the molecule is CC=C(CO)c1cc2n(c(=O)c1)CCc1c-2[nH]c2c(O[C@@H]3O[C@H](CO)[C@@H](O)[C@H](O)[C@H]3O)cccc12. The number of nitrogens with zero attached hydrogens (tertiary/aromatic N) is 1. The lowest BCUT2D eigenvalue weighted by molar-refractivity contribution is -0.277. The van der Waals surface area contributed by atoms with Crippen molar-refractivity contribution in [2.75, 3.05) is 13.2 Å². The first-order valence-corrected chi connectivity index (χ1v) is 11.5. The van der Waals surface area contributed by atoms with E-state index in [0.29, 0.717) is 41.1 Å². The number of ether oxygens (including phenoxy) is 2. The van der Waals surface area contributed by atoms with Gasteiger partial charge in [-0.2, -0.15) is 0 Å². The highest BCUT2D eigenvalue weighted by Gasteiger charge is 2.45. The lowest BCUT2D eigenvalue weighted by Crippen LogP contribution is -2.60. The Morgan fingerprint density at radius 2 is 2.00 bits per heavy atom. The summed E-state index contributed by atoms with van der Waals surface area (Å²) < 4.78 is 13.1. The summed E-state index contributed by atoms with van der Waals surface area (Å²) >= 11 is 0. The summed E-state index contributed by atoms with van der Waals surface area (Å²) in [5, 5.41) is 50.5. The predicted molar refractivity (Wildman–Crippen MR) is 127 cm³/mol. The number of hydrogen-bond donors (Lipinski definition) is 6. The lowest BCUT2D eigenvalue weighted by Gasteiger charge is -2.39. The number of nitrogens with one attached hydrogen (secondary N) is 1. The van der Waals surface area contributed by atoms with Gasteiger partial charge in [-0.05, 0) is 42.2 Å². The van der Waals surface area contributed by atoms with E-state index in [2.05, 4.69) is 4.98 Å². The van der Waals surface area contributed by atoms with E-state index in [4.69, 9.17) is 9.47 Å². The average molecular weight is 485 g/mol. The molecule has 1 saturated heterocycles. The minimum absolute atomic E-state index is 0.160. The van der Waals surface area contributed by atoms with Crippen LogP contribution >= 0.6 is 0 Å². The summed E-state index contributed by atoms with van der Waals surface area (Å²) in [6.45, 7) is 1.56. The van der Waals surface area contributed by atoms with Gasteiger partial charge in [0.2, 0.25) is 6.29 Å². The number of fused-ring (bicyclic) bond motifs is 5. The molecule has 10 nitrogen and oxygen atoms in total. The molecule has 4 heterocycles. The van der Waals surface area contributed by atoms with Crippen LogP contribution in [0.15, 0.2) is 41.2 Å². The molecule has 35 heavy (non-hydrogen) atoms. The second-order valence-electron chi connectivity index (χ2n) is 8.81. The van der Waals surface area contributed by atoms with Crippen LogP contribution in [0.4, 0.5) is 0 Å². The van der Waals surface area contributed by atoms with Gasteiger partial charge in [0.15, 0.2) is 0 Å². The van der Waals surface area contributed by atoms with Crippen molar-refractivity contribution in [3.63, 3.8) is 0 Å². The highest BCUT2D eigenvalue weighted by Crippen LogP contribution is 2.39. The van der Waals surface area contributed by atoms with Crippen molar-refractivity contribution in [1.29, 1.82) is 0 Å². The molecule has 0 aliphatic carbocycles. The zero-order valence-corrected chi connectivity index (χ0v) is 19.1. The van der Waals surface area contributed by atoms with Crippen LogP contribution in [0.1, 0.15) is 18.1 Å². The Hall–Kier alpha value is -2.99. The first-order valence-electron chi connectivity index (χ1n) is 11.5. The summed E-state index contributed by atoms with van der Waals surface area (Å²) in [5.74, 6) is 0.343. The Morgan fingerprint density at radius 3 is 2.71 bits per heavy atom. The molecule has 0 bridgehead atoms. The molecule has 1 fully saturated rings. The van der Waals surface area contributed by atoms with E-state index in [9.17, 15) is 30.3 Å². The first kappa shape index (κ1) is 23.7. The van der Waals surface area contributed by atoms with Crippen LogP contribution in [0.5, 0.6) is 5.75 Å². The predicted octanol–water partition coefficient (Wildman–Crippen LogP) is 0.127. The summed E-state index contributed by atoms with van der Waals surface area (Å²) in [7, 11) is 0. The number of para-hydroxylation sites is 1. The van der Waals surface area contributed by atoms with Crippen molar-refractivity contribution in [2.45, 2.75) is 50.6 Å². The Balaban J connectivity index is 1.58. The Labute approximate surface area is 200 Å². The number of aliphatic hydroxyl groups is 5. The molecule has 10 heteroatoms. The van der Waals surface area contributed by atoms with Crippen molar-refractivity contribution in [2.24, 2.45) is 0 Å². The maximum absolute atomic E-state index is 12.8. The molecule has 0 radical (unpaired) electrons. The Bertz CT molecular complexity index is 1340. The van der Waals surface area contributed by atoms with E-state index in [1.54, 1.807) is 29.7 Å². The monoisotopic (exact) mass is 484 g/mol. The third kappa shape index (κ3) is 3.88. The summed E-state index contributed by atoms with van der Waals surface area (Å²) in [4.78, 5) is 16.2. The number of aliphatic hydroxyl groups excluding tert-OH is 5. The van der Waals surface area contributed by atoms with Gasteiger partial charge < -0.3 is 44.6 Å². The van der Waals surface area contributed by atoms with Crippen molar-refractivity contribution in [1.82, 2.24) is 9.55 Å². The molecule has 0 amide bonds. The fraction of sp³-hybridized carbons (Fsp3) is 0.400. The molecule has 1 aromatic carbocycles. The summed E-state index contributed by atoms with van der Waals surface area (Å²) in [5.41, 5.74) is 4.21. The highest BCUT2D eigenvalue weighted by atomic mass is 16.7. The van der Waals surface area contributed by atoms with Gasteiger partial charge in [0.25, 0.3) is 5.56 Å². The van der Waals surface area contributed by atoms with Crippen LogP contribution in [-0.4, -0.2) is 79.0 Å². The number of H-pyrrole nitrogens is 1. The maximum Gasteiger partial charge on any atom is 0.251 e. The molecule has 3 aromatic rings. The van der Waals surface area contributed by atoms with Crippen molar-refractivity contribution >= 4 is 16.5 Å². The van der Waals surface area contributed by atoms with Crippen molar-refractivity contribution in [3.8, 4) is 17.1 Å². The molecule has 6 N–H and O–H groups in total. The fourth-order valence-electron chi connectivity index (χ4n) is 4.91. The van der Waals surface area contributed by atoms with Gasteiger partial charge in [-0.25, -0.2) is 0 Å². The molecule has 0 unspecified atom stereocenters. The van der Waals surface area contributed by atoms with E-state index in [-0.39, 0.29) is 12.2 Å². The number of aromatic nitrogens is 2. The van der Waals surface area contributed by atoms with Crippen LogP contribution < -0.4 is 10.3 Å². The van der Waals surface area contributed by atoms with Crippen LogP contribution in [0.25, 0.3) is 27.9 Å². The molecule has 2 aromatic heterocycles. The van der Waals surface area contributed by atoms with Gasteiger partial charge >= 0.3 is 0 Å². The quantitative estimate of drug-likeness (QED) is 0.298. The minimum atomic E-state index is -1.55. The Morgan fingerprint density at radius 1 is 1.20 bits per heavy atom. The number of benzene rings is 1.